The Kier molecular flexibility index (Phi) is 3.70. The van der Waals surface area contributed by atoms with E-state index in [1.165, 1.54) is 11.1 Å². The zero-order valence-corrected chi connectivity index (χ0v) is 11.7. The molecule has 21 heavy (non-hydrogen) atoms. The van der Waals surface area contributed by atoms with Gasteiger partial charge >= 0.3 is 0 Å². The van der Waals surface area contributed by atoms with Crippen LogP contribution >= 0.6 is 0 Å². The summed E-state index contributed by atoms with van der Waals surface area (Å²) in [4.78, 5) is 11.9. The molecule has 0 saturated carbocycles. The van der Waals surface area contributed by atoms with Crippen molar-refractivity contribution in [3.63, 3.8) is 0 Å². The van der Waals surface area contributed by atoms with Crippen LogP contribution in [-0.2, 0) is 17.6 Å². The summed E-state index contributed by atoms with van der Waals surface area (Å²) in [5.41, 5.74) is 4.30. The number of rotatable bonds is 4. The van der Waals surface area contributed by atoms with Gasteiger partial charge in [-0.25, -0.2) is 0 Å². The largest absolute Gasteiger partial charge is 0.355 e. The van der Waals surface area contributed by atoms with Crippen LogP contribution < -0.4 is 5.32 Å². The molecular formula is C18H16N2O. The fraction of sp³-hybridized carbons (Fsp3) is 0.222. The third-order valence-corrected chi connectivity index (χ3v) is 3.95. The average Bonchev–Trinajstić information content (AvgIpc) is 2.49. The summed E-state index contributed by atoms with van der Waals surface area (Å²) >= 11 is 0. The van der Waals surface area contributed by atoms with Crippen LogP contribution in [0.4, 0.5) is 0 Å². The van der Waals surface area contributed by atoms with Crippen molar-refractivity contribution in [2.75, 3.05) is 6.54 Å². The smallest absolute Gasteiger partial charge is 0.224 e. The van der Waals surface area contributed by atoms with Crippen molar-refractivity contribution in [3.8, 4) is 6.07 Å². The number of carbonyl (C=O) groups is 1. The number of benzene rings is 2. The van der Waals surface area contributed by atoms with Gasteiger partial charge in [-0.2, -0.15) is 5.26 Å². The lowest BCUT2D eigenvalue weighted by Gasteiger charge is -2.30. The van der Waals surface area contributed by atoms with Gasteiger partial charge in [-0.15, -0.1) is 0 Å². The molecule has 1 aliphatic carbocycles. The lowest BCUT2D eigenvalue weighted by Crippen LogP contribution is -2.33. The highest BCUT2D eigenvalue weighted by Crippen LogP contribution is 2.33. The minimum absolute atomic E-state index is 0.0316. The molecule has 0 radical (unpaired) electrons. The van der Waals surface area contributed by atoms with Gasteiger partial charge in [0.2, 0.25) is 5.91 Å². The van der Waals surface area contributed by atoms with Crippen molar-refractivity contribution >= 4 is 5.91 Å². The lowest BCUT2D eigenvalue weighted by molar-refractivity contribution is -0.120. The van der Waals surface area contributed by atoms with Crippen molar-refractivity contribution in [2.45, 2.75) is 18.8 Å². The molecular weight excluding hydrogens is 260 g/mol. The summed E-state index contributed by atoms with van der Waals surface area (Å²) in [5, 5.41) is 11.7. The highest BCUT2D eigenvalue weighted by Gasteiger charge is 2.25. The first-order valence-electron chi connectivity index (χ1n) is 7.10. The Hall–Kier alpha value is -2.60. The zero-order chi connectivity index (χ0) is 14.7. The number of nitrogens with zero attached hydrogens (tertiary/aromatic N) is 1. The minimum Gasteiger partial charge on any atom is -0.355 e. The maximum atomic E-state index is 11.9. The van der Waals surface area contributed by atoms with Crippen molar-refractivity contribution in [3.05, 3.63) is 70.8 Å². The molecule has 3 heteroatoms. The number of hydrogen-bond donors (Lipinski definition) is 1. The second-order valence-electron chi connectivity index (χ2n) is 5.39. The Morgan fingerprint density at radius 1 is 1.19 bits per heavy atom. The van der Waals surface area contributed by atoms with Gasteiger partial charge in [-0.1, -0.05) is 36.4 Å². The van der Waals surface area contributed by atoms with Crippen molar-refractivity contribution in [1.29, 1.82) is 5.26 Å². The second kappa shape index (κ2) is 5.80. The van der Waals surface area contributed by atoms with Crippen LogP contribution in [-0.4, -0.2) is 12.5 Å². The van der Waals surface area contributed by atoms with Gasteiger partial charge < -0.3 is 5.32 Å². The molecule has 3 nitrogen and oxygen atoms in total. The predicted molar refractivity (Wildman–Crippen MR) is 80.8 cm³/mol. The molecule has 1 aliphatic rings. The molecule has 0 bridgehead atoms. The fourth-order valence-corrected chi connectivity index (χ4v) is 2.73. The van der Waals surface area contributed by atoms with Crippen LogP contribution in [0.2, 0.25) is 0 Å². The van der Waals surface area contributed by atoms with Crippen LogP contribution in [0.5, 0.6) is 0 Å². The normalized spacial score (nSPS) is 15.5. The van der Waals surface area contributed by atoms with Crippen LogP contribution in [0.1, 0.15) is 28.2 Å². The number of hydrogen-bond acceptors (Lipinski definition) is 2. The van der Waals surface area contributed by atoms with E-state index in [0.29, 0.717) is 24.4 Å². The zero-order valence-electron chi connectivity index (χ0n) is 11.7. The van der Waals surface area contributed by atoms with E-state index in [2.05, 4.69) is 29.6 Å². The molecule has 2 aromatic carbocycles. The maximum absolute atomic E-state index is 11.9. The Bertz CT molecular complexity index is 698. The SMILES string of the molecule is N#Cc1ccc(CC(=O)NCC2Cc3ccccc32)cc1. The van der Waals surface area contributed by atoms with E-state index in [4.69, 9.17) is 5.26 Å². The Labute approximate surface area is 124 Å². The van der Waals surface area contributed by atoms with Crippen molar-refractivity contribution in [1.82, 2.24) is 5.32 Å². The standard InChI is InChI=1S/C18H16N2O/c19-11-14-7-5-13(6-8-14)9-18(21)20-12-16-10-15-3-1-2-4-17(15)16/h1-8,16H,9-10,12H2,(H,20,21). The molecule has 1 amide bonds. The molecule has 1 atom stereocenters. The summed E-state index contributed by atoms with van der Waals surface area (Å²) in [6.45, 7) is 0.701. The van der Waals surface area contributed by atoms with E-state index in [1.807, 2.05) is 18.2 Å². The van der Waals surface area contributed by atoms with Crippen LogP contribution in [0.3, 0.4) is 0 Å². The molecule has 0 aromatic heterocycles. The molecule has 1 unspecified atom stereocenters. The van der Waals surface area contributed by atoms with Gasteiger partial charge in [-0.05, 0) is 35.2 Å². The molecule has 0 heterocycles. The van der Waals surface area contributed by atoms with Gasteiger partial charge in [0.25, 0.3) is 0 Å². The average molecular weight is 276 g/mol. The van der Waals surface area contributed by atoms with Crippen LogP contribution in [0.15, 0.2) is 48.5 Å². The summed E-state index contributed by atoms with van der Waals surface area (Å²) < 4.78 is 0. The number of nitriles is 1. The fourth-order valence-electron chi connectivity index (χ4n) is 2.73. The quantitative estimate of drug-likeness (QED) is 0.933. The third-order valence-electron chi connectivity index (χ3n) is 3.95. The molecule has 3 rings (SSSR count). The second-order valence-corrected chi connectivity index (χ2v) is 5.39. The Morgan fingerprint density at radius 3 is 2.67 bits per heavy atom. The molecule has 0 saturated heterocycles. The van der Waals surface area contributed by atoms with E-state index < -0.39 is 0 Å². The van der Waals surface area contributed by atoms with E-state index in [-0.39, 0.29) is 5.91 Å². The molecule has 1 N–H and O–H groups in total. The molecule has 0 aliphatic heterocycles. The minimum atomic E-state index is 0.0316. The molecule has 0 fully saturated rings. The van der Waals surface area contributed by atoms with Crippen LogP contribution in [0, 0.1) is 11.3 Å². The van der Waals surface area contributed by atoms with Gasteiger partial charge in [-0.3, -0.25) is 4.79 Å². The number of nitrogens with one attached hydrogen (secondary N) is 1. The first-order chi connectivity index (χ1) is 10.3. The highest BCUT2D eigenvalue weighted by atomic mass is 16.1. The van der Waals surface area contributed by atoms with E-state index in [0.717, 1.165) is 12.0 Å². The summed E-state index contributed by atoms with van der Waals surface area (Å²) in [6, 6.07) is 17.6. The first-order valence-corrected chi connectivity index (χ1v) is 7.10. The van der Waals surface area contributed by atoms with E-state index in [1.54, 1.807) is 12.1 Å². The van der Waals surface area contributed by atoms with Gasteiger partial charge in [0.15, 0.2) is 0 Å². The topological polar surface area (TPSA) is 52.9 Å². The van der Waals surface area contributed by atoms with Gasteiger partial charge in [0.05, 0.1) is 18.1 Å². The summed E-state index contributed by atoms with van der Waals surface area (Å²) in [5.74, 6) is 0.482. The molecule has 0 spiro atoms. The Balaban J connectivity index is 1.50. The van der Waals surface area contributed by atoms with Gasteiger partial charge in [0.1, 0.15) is 0 Å². The molecule has 104 valence electrons. The Morgan fingerprint density at radius 2 is 1.95 bits per heavy atom. The first kappa shape index (κ1) is 13.4. The highest BCUT2D eigenvalue weighted by molar-refractivity contribution is 5.78. The van der Waals surface area contributed by atoms with E-state index >= 15 is 0 Å². The molecule has 2 aromatic rings. The van der Waals surface area contributed by atoms with Gasteiger partial charge in [0, 0.05) is 12.5 Å². The summed E-state index contributed by atoms with van der Waals surface area (Å²) in [7, 11) is 0. The van der Waals surface area contributed by atoms with E-state index in [9.17, 15) is 4.79 Å². The third kappa shape index (κ3) is 2.95. The maximum Gasteiger partial charge on any atom is 0.224 e. The number of fused-ring (bicyclic) bond motifs is 1. The van der Waals surface area contributed by atoms with Crippen molar-refractivity contribution in [2.24, 2.45) is 0 Å². The number of carbonyl (C=O) groups excluding carboxylic acids is 1. The predicted octanol–water partition coefficient (Wildman–Crippen LogP) is 2.56. The number of amides is 1. The lowest BCUT2D eigenvalue weighted by atomic mass is 9.77. The monoisotopic (exact) mass is 276 g/mol. The van der Waals surface area contributed by atoms with Crippen LogP contribution in [0.25, 0.3) is 0 Å². The summed E-state index contributed by atoms with van der Waals surface area (Å²) in [6.07, 6.45) is 1.41. The van der Waals surface area contributed by atoms with Crippen molar-refractivity contribution < 1.29 is 4.79 Å².